The molecular weight excluding hydrogens is 205 g/mol. The molecule has 0 amide bonds. The molecule has 1 rings (SSSR count). The number of alkyl halides is 3. The molecule has 1 saturated heterocycles. The third-order valence-electron chi connectivity index (χ3n) is 2.88. The smallest absolute Gasteiger partial charge is 0.330 e. The fourth-order valence-electron chi connectivity index (χ4n) is 2.19. The topological polar surface area (TPSA) is 29.3 Å². The van der Waals surface area contributed by atoms with Crippen LogP contribution in [0.3, 0.4) is 0 Å². The summed E-state index contributed by atoms with van der Waals surface area (Å²) in [4.78, 5) is 1.56. The van der Waals surface area contributed by atoms with Crippen molar-refractivity contribution in [3.8, 4) is 0 Å². The third-order valence-corrected chi connectivity index (χ3v) is 2.88. The van der Waals surface area contributed by atoms with E-state index in [4.69, 9.17) is 5.73 Å². The molecule has 1 heterocycles. The Bertz CT molecular complexity index is 182. The van der Waals surface area contributed by atoms with Gasteiger partial charge in [-0.05, 0) is 32.4 Å². The second kappa shape index (κ2) is 5.70. The highest BCUT2D eigenvalue weighted by molar-refractivity contribution is 4.77. The zero-order chi connectivity index (χ0) is 11.3. The average Bonchev–Trinajstić information content (AvgIpc) is 2.30. The van der Waals surface area contributed by atoms with Gasteiger partial charge in [0.05, 0.1) is 6.54 Å². The number of hydrogen-bond acceptors (Lipinski definition) is 2. The number of hydrogen-bond donors (Lipinski definition) is 1. The predicted octanol–water partition coefficient (Wildman–Crippen LogP) is 2.14. The van der Waals surface area contributed by atoms with E-state index in [0.29, 0.717) is 19.5 Å². The summed E-state index contributed by atoms with van der Waals surface area (Å²) in [6.07, 6.45) is 0.381. The Kier molecular flexibility index (Phi) is 4.86. The van der Waals surface area contributed by atoms with Crippen LogP contribution in [0.5, 0.6) is 0 Å². The van der Waals surface area contributed by atoms with Crippen LogP contribution in [0.25, 0.3) is 0 Å². The molecule has 0 saturated carbocycles. The van der Waals surface area contributed by atoms with Crippen molar-refractivity contribution in [2.75, 3.05) is 19.6 Å². The van der Waals surface area contributed by atoms with Crippen molar-refractivity contribution in [2.24, 2.45) is 5.73 Å². The van der Waals surface area contributed by atoms with Gasteiger partial charge in [-0.2, -0.15) is 13.2 Å². The lowest BCUT2D eigenvalue weighted by Gasteiger charge is -2.30. The first-order chi connectivity index (χ1) is 7.03. The van der Waals surface area contributed by atoms with Gasteiger partial charge in [0, 0.05) is 6.04 Å². The van der Waals surface area contributed by atoms with Crippen molar-refractivity contribution in [3.63, 3.8) is 0 Å². The molecule has 0 aliphatic carbocycles. The van der Waals surface area contributed by atoms with E-state index >= 15 is 0 Å². The minimum absolute atomic E-state index is 0.0270. The predicted molar refractivity (Wildman–Crippen MR) is 53.6 cm³/mol. The average molecular weight is 224 g/mol. The van der Waals surface area contributed by atoms with E-state index in [1.807, 2.05) is 0 Å². The van der Waals surface area contributed by atoms with Crippen molar-refractivity contribution < 1.29 is 13.2 Å². The standard InChI is InChI=1S/C10H19F3N2/c11-10(12,13)8-15-7-3-1-2-4-9(15)5-6-14/h9H,1-8,14H2. The number of nitrogens with two attached hydrogens (primary N) is 1. The van der Waals surface area contributed by atoms with E-state index in [-0.39, 0.29) is 6.04 Å². The molecule has 90 valence electrons. The highest BCUT2D eigenvalue weighted by Crippen LogP contribution is 2.24. The third kappa shape index (κ3) is 4.84. The molecule has 1 aliphatic rings. The quantitative estimate of drug-likeness (QED) is 0.795. The largest absolute Gasteiger partial charge is 0.401 e. The van der Waals surface area contributed by atoms with Crippen LogP contribution in [0.4, 0.5) is 13.2 Å². The molecule has 1 aliphatic heterocycles. The van der Waals surface area contributed by atoms with Gasteiger partial charge in [0.25, 0.3) is 0 Å². The lowest BCUT2D eigenvalue weighted by Crippen LogP contribution is -2.42. The Morgan fingerprint density at radius 2 is 1.93 bits per heavy atom. The first-order valence-electron chi connectivity index (χ1n) is 5.54. The van der Waals surface area contributed by atoms with E-state index < -0.39 is 12.7 Å². The van der Waals surface area contributed by atoms with Crippen molar-refractivity contribution in [3.05, 3.63) is 0 Å². The Labute approximate surface area is 88.6 Å². The van der Waals surface area contributed by atoms with Gasteiger partial charge >= 0.3 is 6.18 Å². The number of halogens is 3. The molecule has 1 unspecified atom stereocenters. The van der Waals surface area contributed by atoms with E-state index in [1.165, 1.54) is 0 Å². The number of nitrogens with zero attached hydrogens (tertiary/aromatic N) is 1. The minimum atomic E-state index is -4.09. The maximum Gasteiger partial charge on any atom is 0.401 e. The SMILES string of the molecule is NCCC1CCCCCN1CC(F)(F)F. The normalized spacial score (nSPS) is 25.2. The summed E-state index contributed by atoms with van der Waals surface area (Å²) in [6, 6.07) is 0.0270. The zero-order valence-electron chi connectivity index (χ0n) is 8.89. The van der Waals surface area contributed by atoms with Crippen LogP contribution in [0.15, 0.2) is 0 Å². The van der Waals surface area contributed by atoms with Gasteiger partial charge in [0.15, 0.2) is 0 Å². The van der Waals surface area contributed by atoms with Crippen LogP contribution in [0.2, 0.25) is 0 Å². The van der Waals surface area contributed by atoms with E-state index in [9.17, 15) is 13.2 Å². The maximum absolute atomic E-state index is 12.3. The molecule has 5 heteroatoms. The van der Waals surface area contributed by atoms with Crippen molar-refractivity contribution in [1.29, 1.82) is 0 Å². The summed E-state index contributed by atoms with van der Waals surface area (Å²) in [5.74, 6) is 0. The lowest BCUT2D eigenvalue weighted by molar-refractivity contribution is -0.150. The van der Waals surface area contributed by atoms with Crippen LogP contribution in [-0.2, 0) is 0 Å². The Balaban J connectivity index is 2.53. The lowest BCUT2D eigenvalue weighted by atomic mass is 10.1. The Hall–Kier alpha value is -0.290. The molecule has 2 N–H and O–H groups in total. The second-order valence-electron chi connectivity index (χ2n) is 4.17. The minimum Gasteiger partial charge on any atom is -0.330 e. The summed E-state index contributed by atoms with van der Waals surface area (Å²) in [5, 5.41) is 0. The summed E-state index contributed by atoms with van der Waals surface area (Å²) < 4.78 is 36.9. The molecule has 0 spiro atoms. The van der Waals surface area contributed by atoms with E-state index in [1.54, 1.807) is 4.90 Å². The molecular formula is C10H19F3N2. The molecule has 1 atom stereocenters. The van der Waals surface area contributed by atoms with Crippen LogP contribution < -0.4 is 5.73 Å². The van der Waals surface area contributed by atoms with Gasteiger partial charge < -0.3 is 5.73 Å². The van der Waals surface area contributed by atoms with Gasteiger partial charge in [0.1, 0.15) is 0 Å². The van der Waals surface area contributed by atoms with Crippen LogP contribution in [0.1, 0.15) is 32.1 Å². The molecule has 0 aromatic heterocycles. The van der Waals surface area contributed by atoms with Crippen LogP contribution in [-0.4, -0.2) is 36.8 Å². The van der Waals surface area contributed by atoms with Gasteiger partial charge in [0.2, 0.25) is 0 Å². The highest BCUT2D eigenvalue weighted by atomic mass is 19.4. The van der Waals surface area contributed by atoms with Crippen molar-refractivity contribution >= 4 is 0 Å². The van der Waals surface area contributed by atoms with Crippen molar-refractivity contribution in [1.82, 2.24) is 4.90 Å². The van der Waals surface area contributed by atoms with Gasteiger partial charge in [-0.1, -0.05) is 12.8 Å². The van der Waals surface area contributed by atoms with Crippen LogP contribution in [0, 0.1) is 0 Å². The Morgan fingerprint density at radius 1 is 1.20 bits per heavy atom. The fourth-order valence-corrected chi connectivity index (χ4v) is 2.19. The first-order valence-corrected chi connectivity index (χ1v) is 5.54. The summed E-state index contributed by atoms with van der Waals surface area (Å²) >= 11 is 0. The van der Waals surface area contributed by atoms with E-state index in [2.05, 4.69) is 0 Å². The molecule has 1 fully saturated rings. The first kappa shape index (κ1) is 12.8. The Morgan fingerprint density at radius 3 is 2.53 bits per heavy atom. The molecule has 2 nitrogen and oxygen atoms in total. The van der Waals surface area contributed by atoms with E-state index in [0.717, 1.165) is 25.7 Å². The van der Waals surface area contributed by atoms with Crippen molar-refractivity contribution in [2.45, 2.75) is 44.3 Å². The molecule has 0 bridgehead atoms. The fraction of sp³-hybridized carbons (Fsp3) is 1.00. The molecule has 0 radical (unpaired) electrons. The molecule has 0 aromatic carbocycles. The molecule has 15 heavy (non-hydrogen) atoms. The second-order valence-corrected chi connectivity index (χ2v) is 4.17. The number of rotatable bonds is 3. The van der Waals surface area contributed by atoms with Gasteiger partial charge in [-0.15, -0.1) is 0 Å². The summed E-state index contributed by atoms with van der Waals surface area (Å²) in [6.45, 7) is 0.251. The maximum atomic E-state index is 12.3. The molecule has 0 aromatic rings. The van der Waals surface area contributed by atoms with Crippen LogP contribution >= 0.6 is 0 Å². The highest BCUT2D eigenvalue weighted by Gasteiger charge is 2.33. The zero-order valence-corrected chi connectivity index (χ0v) is 8.89. The number of likely N-dealkylation sites (tertiary alicyclic amines) is 1. The summed E-state index contributed by atoms with van der Waals surface area (Å²) in [7, 11) is 0. The van der Waals surface area contributed by atoms with Gasteiger partial charge in [-0.25, -0.2) is 0 Å². The summed E-state index contributed by atoms with van der Waals surface area (Å²) in [5.41, 5.74) is 5.43. The van der Waals surface area contributed by atoms with Gasteiger partial charge in [-0.3, -0.25) is 4.90 Å². The monoisotopic (exact) mass is 224 g/mol.